The number of alkyl halides is 1. The first kappa shape index (κ1) is 12.2. The van der Waals surface area contributed by atoms with Gasteiger partial charge in [-0.05, 0) is 33.3 Å². The first-order chi connectivity index (χ1) is 7.28. The Morgan fingerprint density at radius 3 is 2.69 bits per heavy atom. The van der Waals surface area contributed by atoms with Gasteiger partial charge in [0, 0.05) is 23.2 Å². The van der Waals surface area contributed by atoms with Gasteiger partial charge in [0.25, 0.3) is 0 Å². The fraction of sp³-hybridized carbons (Fsp3) is 0.692. The van der Waals surface area contributed by atoms with Gasteiger partial charge in [0.15, 0.2) is 0 Å². The molecule has 2 rings (SSSR count). The van der Waals surface area contributed by atoms with Crippen LogP contribution >= 0.6 is 15.9 Å². The SMILES string of the molecule is CC1=C2OC(C)(C)CC2=CC(CBr)C1(C)O. The summed E-state index contributed by atoms with van der Waals surface area (Å²) in [6.07, 6.45) is 3.09. The molecule has 2 aliphatic rings. The molecular formula is C13H19BrO2. The molecule has 1 saturated heterocycles. The van der Waals surface area contributed by atoms with Crippen molar-refractivity contribution in [3.8, 4) is 0 Å². The van der Waals surface area contributed by atoms with Gasteiger partial charge < -0.3 is 9.84 Å². The normalized spacial score (nSPS) is 36.9. The van der Waals surface area contributed by atoms with Crippen molar-refractivity contribution in [1.29, 1.82) is 0 Å². The van der Waals surface area contributed by atoms with Gasteiger partial charge in [0.2, 0.25) is 0 Å². The molecule has 2 nitrogen and oxygen atoms in total. The molecule has 2 atom stereocenters. The highest BCUT2D eigenvalue weighted by Gasteiger charge is 2.44. The van der Waals surface area contributed by atoms with E-state index in [4.69, 9.17) is 4.74 Å². The molecule has 90 valence electrons. The summed E-state index contributed by atoms with van der Waals surface area (Å²) < 4.78 is 5.93. The van der Waals surface area contributed by atoms with Crippen molar-refractivity contribution in [3.05, 3.63) is 23.0 Å². The van der Waals surface area contributed by atoms with Crippen LogP contribution in [0.5, 0.6) is 0 Å². The number of ether oxygens (including phenoxy) is 1. The van der Waals surface area contributed by atoms with E-state index >= 15 is 0 Å². The monoisotopic (exact) mass is 286 g/mol. The number of hydrogen-bond acceptors (Lipinski definition) is 2. The van der Waals surface area contributed by atoms with Crippen molar-refractivity contribution in [1.82, 2.24) is 0 Å². The molecule has 2 unspecified atom stereocenters. The lowest BCUT2D eigenvalue weighted by Crippen LogP contribution is -2.39. The minimum absolute atomic E-state index is 0.128. The summed E-state index contributed by atoms with van der Waals surface area (Å²) in [6.45, 7) is 8.01. The van der Waals surface area contributed by atoms with Crippen molar-refractivity contribution >= 4 is 15.9 Å². The van der Waals surface area contributed by atoms with Gasteiger partial charge in [-0.25, -0.2) is 0 Å². The Kier molecular flexibility index (Phi) is 2.75. The summed E-state index contributed by atoms with van der Waals surface area (Å²) in [4.78, 5) is 0. The van der Waals surface area contributed by atoms with Crippen LogP contribution in [0.1, 0.15) is 34.1 Å². The molecule has 0 saturated carbocycles. The van der Waals surface area contributed by atoms with E-state index in [-0.39, 0.29) is 11.5 Å². The molecular weight excluding hydrogens is 268 g/mol. The largest absolute Gasteiger partial charge is 0.487 e. The molecule has 1 N–H and O–H groups in total. The van der Waals surface area contributed by atoms with Gasteiger partial charge in [-0.1, -0.05) is 22.0 Å². The van der Waals surface area contributed by atoms with Crippen molar-refractivity contribution in [2.75, 3.05) is 5.33 Å². The minimum atomic E-state index is -0.803. The van der Waals surface area contributed by atoms with Crippen LogP contribution in [0.3, 0.4) is 0 Å². The van der Waals surface area contributed by atoms with Gasteiger partial charge in [0.1, 0.15) is 11.4 Å². The average Bonchev–Trinajstić information content (AvgIpc) is 2.47. The zero-order chi connectivity index (χ0) is 12.1. The molecule has 1 aliphatic heterocycles. The second-order valence-corrected chi connectivity index (χ2v) is 6.24. The maximum atomic E-state index is 10.5. The van der Waals surface area contributed by atoms with E-state index in [0.29, 0.717) is 0 Å². The van der Waals surface area contributed by atoms with Gasteiger partial charge in [0.05, 0.1) is 5.60 Å². The average molecular weight is 287 g/mol. The van der Waals surface area contributed by atoms with Crippen LogP contribution in [0.4, 0.5) is 0 Å². The zero-order valence-corrected chi connectivity index (χ0v) is 11.9. The van der Waals surface area contributed by atoms with E-state index in [9.17, 15) is 5.11 Å². The number of allylic oxidation sites excluding steroid dienone is 1. The highest BCUT2D eigenvalue weighted by Crippen LogP contribution is 2.46. The molecule has 0 radical (unpaired) electrons. The summed E-state index contributed by atoms with van der Waals surface area (Å²) in [7, 11) is 0. The topological polar surface area (TPSA) is 29.5 Å². The van der Waals surface area contributed by atoms with Crippen molar-refractivity contribution in [3.63, 3.8) is 0 Å². The van der Waals surface area contributed by atoms with Crippen LogP contribution in [-0.2, 0) is 4.74 Å². The summed E-state index contributed by atoms with van der Waals surface area (Å²) in [6, 6.07) is 0. The number of aliphatic hydroxyl groups is 1. The lowest BCUT2D eigenvalue weighted by Gasteiger charge is -2.35. The van der Waals surface area contributed by atoms with Crippen molar-refractivity contribution < 1.29 is 9.84 Å². The van der Waals surface area contributed by atoms with E-state index in [1.54, 1.807) is 0 Å². The summed E-state index contributed by atoms with van der Waals surface area (Å²) in [5, 5.41) is 11.3. The van der Waals surface area contributed by atoms with Crippen LogP contribution in [0.15, 0.2) is 23.0 Å². The summed E-state index contributed by atoms with van der Waals surface area (Å²) in [5.74, 6) is 1.04. The van der Waals surface area contributed by atoms with Crippen LogP contribution in [-0.4, -0.2) is 21.6 Å². The molecule has 16 heavy (non-hydrogen) atoms. The molecule has 0 amide bonds. The Hall–Kier alpha value is -0.280. The quantitative estimate of drug-likeness (QED) is 0.751. The number of rotatable bonds is 1. The van der Waals surface area contributed by atoms with Gasteiger partial charge in [-0.15, -0.1) is 0 Å². The van der Waals surface area contributed by atoms with E-state index in [1.807, 2.05) is 13.8 Å². The summed E-state index contributed by atoms with van der Waals surface area (Å²) >= 11 is 3.47. The van der Waals surface area contributed by atoms with E-state index in [1.165, 1.54) is 5.57 Å². The highest BCUT2D eigenvalue weighted by atomic mass is 79.9. The minimum Gasteiger partial charge on any atom is -0.487 e. The molecule has 0 aromatic heterocycles. The zero-order valence-electron chi connectivity index (χ0n) is 10.3. The van der Waals surface area contributed by atoms with Gasteiger partial charge in [-0.3, -0.25) is 0 Å². The Bertz CT molecular complexity index is 377. The fourth-order valence-corrected chi connectivity index (χ4v) is 3.29. The first-order valence-electron chi connectivity index (χ1n) is 5.68. The standard InChI is InChI=1S/C13H19BrO2/c1-8-11-9(6-12(2,3)16-11)5-10(7-14)13(8,4)15/h5,10,15H,6-7H2,1-4H3. The molecule has 0 aromatic rings. The first-order valence-corrected chi connectivity index (χ1v) is 6.80. The molecule has 1 heterocycles. The smallest absolute Gasteiger partial charge is 0.124 e. The molecule has 0 aromatic carbocycles. The lowest BCUT2D eigenvalue weighted by atomic mass is 9.77. The molecule has 0 spiro atoms. The number of hydrogen-bond donors (Lipinski definition) is 1. The maximum absolute atomic E-state index is 10.5. The number of fused-ring (bicyclic) bond motifs is 1. The van der Waals surface area contributed by atoms with Crippen LogP contribution in [0.25, 0.3) is 0 Å². The fourth-order valence-electron chi connectivity index (χ4n) is 2.48. The molecule has 0 bridgehead atoms. The third-order valence-electron chi connectivity index (χ3n) is 3.68. The van der Waals surface area contributed by atoms with E-state index < -0.39 is 5.60 Å². The second kappa shape index (κ2) is 3.61. The van der Waals surface area contributed by atoms with Gasteiger partial charge in [-0.2, -0.15) is 0 Å². The molecule has 3 heteroatoms. The highest BCUT2D eigenvalue weighted by molar-refractivity contribution is 9.09. The third-order valence-corrected chi connectivity index (χ3v) is 4.37. The summed E-state index contributed by atoms with van der Waals surface area (Å²) in [5.41, 5.74) is 1.26. The maximum Gasteiger partial charge on any atom is 0.124 e. The predicted molar refractivity (Wildman–Crippen MR) is 68.5 cm³/mol. The second-order valence-electron chi connectivity index (χ2n) is 5.59. The van der Waals surface area contributed by atoms with E-state index in [2.05, 4.69) is 35.9 Å². The van der Waals surface area contributed by atoms with Crippen LogP contribution in [0, 0.1) is 5.92 Å². The Labute approximate surface area is 106 Å². The Balaban J connectivity index is 2.47. The third kappa shape index (κ3) is 1.74. The van der Waals surface area contributed by atoms with E-state index in [0.717, 1.165) is 23.1 Å². The van der Waals surface area contributed by atoms with Crippen molar-refractivity contribution in [2.45, 2.75) is 45.3 Å². The lowest BCUT2D eigenvalue weighted by molar-refractivity contribution is 0.0399. The Morgan fingerprint density at radius 2 is 2.12 bits per heavy atom. The van der Waals surface area contributed by atoms with Crippen LogP contribution < -0.4 is 0 Å². The van der Waals surface area contributed by atoms with Crippen molar-refractivity contribution in [2.24, 2.45) is 5.92 Å². The van der Waals surface area contributed by atoms with Crippen LogP contribution in [0.2, 0.25) is 0 Å². The molecule has 1 aliphatic carbocycles. The number of halogens is 1. The molecule has 1 fully saturated rings. The Morgan fingerprint density at radius 1 is 1.50 bits per heavy atom. The predicted octanol–water partition coefficient (Wildman–Crippen LogP) is 3.16. The van der Waals surface area contributed by atoms with Gasteiger partial charge >= 0.3 is 0 Å².